The van der Waals surface area contributed by atoms with E-state index < -0.39 is 0 Å². The van der Waals surface area contributed by atoms with E-state index in [0.717, 1.165) is 8.95 Å². The molecule has 7 aromatic carbocycles. The predicted molar refractivity (Wildman–Crippen MR) is 218 cm³/mol. The van der Waals surface area contributed by atoms with Crippen molar-refractivity contribution in [2.24, 2.45) is 0 Å². The Balaban J connectivity index is 1.23. The molecule has 226 valence electrons. The molecule has 0 aliphatic carbocycles. The molecule has 7 heteroatoms. The monoisotopic (exact) mass is 748 g/mol. The first-order valence-electron chi connectivity index (χ1n) is 16.8. The first-order chi connectivity index (χ1) is 24.2. The minimum absolute atomic E-state index is 0.104. The van der Waals surface area contributed by atoms with Crippen LogP contribution in [0.25, 0.3) is 0 Å². The molecule has 0 radical (unpaired) electrons. The Morgan fingerprint density at radius 3 is 1.49 bits per heavy atom. The van der Waals surface area contributed by atoms with Crippen molar-refractivity contribution >= 4 is 135 Å². The van der Waals surface area contributed by atoms with Gasteiger partial charge in [-0.2, -0.15) is 0 Å². The standard InChI is InChI=1S/C42H25B3Br2N2/c46-28-21-19-27(20-22-28)43-30-11-4-5-16-36(30)48-38-17-8-18-39-40(38)45(33-14-6-12-31(43)41(33)48)34-15-7-13-32-42(34)49(39)37-24-23-29(47)25-35(37)44(32)26-9-2-1-3-10-26/h1-25H. The number of halogens is 2. The summed E-state index contributed by atoms with van der Waals surface area (Å²) in [5.41, 5.74) is 19.8. The van der Waals surface area contributed by atoms with Gasteiger partial charge in [0.15, 0.2) is 0 Å². The summed E-state index contributed by atoms with van der Waals surface area (Å²) < 4.78 is 2.20. The third kappa shape index (κ3) is 3.81. The molecular weight excluding hydrogens is 725 g/mol. The van der Waals surface area contributed by atoms with Crippen molar-refractivity contribution in [3.05, 3.63) is 161 Å². The van der Waals surface area contributed by atoms with Gasteiger partial charge >= 0.3 is 0 Å². The molecule has 11 rings (SSSR count). The van der Waals surface area contributed by atoms with Crippen LogP contribution in [0.1, 0.15) is 0 Å². The number of nitrogens with zero attached hydrogens (tertiary/aromatic N) is 2. The Hall–Kier alpha value is -4.71. The van der Waals surface area contributed by atoms with Crippen molar-refractivity contribution < 1.29 is 0 Å². The third-order valence-electron chi connectivity index (χ3n) is 11.1. The van der Waals surface area contributed by atoms with Crippen LogP contribution in [0.15, 0.2) is 161 Å². The molecule has 0 N–H and O–H groups in total. The van der Waals surface area contributed by atoms with Gasteiger partial charge in [-0.25, -0.2) is 0 Å². The van der Waals surface area contributed by atoms with Crippen molar-refractivity contribution in [2.75, 3.05) is 9.80 Å². The molecule has 0 saturated heterocycles. The summed E-state index contributed by atoms with van der Waals surface area (Å²) >= 11 is 7.51. The molecule has 0 amide bonds. The number of benzene rings is 7. The van der Waals surface area contributed by atoms with Gasteiger partial charge in [0.1, 0.15) is 0 Å². The predicted octanol–water partition coefficient (Wildman–Crippen LogP) is 4.95. The second kappa shape index (κ2) is 10.4. The van der Waals surface area contributed by atoms with Crippen LogP contribution in [0.2, 0.25) is 0 Å². The Morgan fingerprint density at radius 2 is 0.816 bits per heavy atom. The average Bonchev–Trinajstić information content (AvgIpc) is 3.14. The Kier molecular flexibility index (Phi) is 5.98. The van der Waals surface area contributed by atoms with Crippen LogP contribution in [-0.4, -0.2) is 20.1 Å². The summed E-state index contributed by atoms with van der Waals surface area (Å²) in [6.45, 7) is 0.369. The zero-order chi connectivity index (χ0) is 32.4. The molecule has 4 heterocycles. The smallest absolute Gasteiger partial charge is 0.252 e. The number of hydrogen-bond acceptors (Lipinski definition) is 2. The second-order valence-corrected chi connectivity index (χ2v) is 15.3. The summed E-state index contributed by atoms with van der Waals surface area (Å²) in [6, 6.07) is 56.8. The molecule has 0 saturated carbocycles. The second-order valence-electron chi connectivity index (χ2n) is 13.5. The van der Waals surface area contributed by atoms with E-state index in [9.17, 15) is 0 Å². The van der Waals surface area contributed by atoms with Gasteiger partial charge in [0.05, 0.1) is 0 Å². The van der Waals surface area contributed by atoms with Crippen LogP contribution in [0, 0.1) is 0 Å². The number of para-hydroxylation sites is 3. The molecule has 49 heavy (non-hydrogen) atoms. The highest BCUT2D eigenvalue weighted by atomic mass is 79.9. The fourth-order valence-electron chi connectivity index (χ4n) is 9.30. The lowest BCUT2D eigenvalue weighted by molar-refractivity contribution is 1.26. The molecule has 4 aliphatic heterocycles. The molecule has 2 nitrogen and oxygen atoms in total. The van der Waals surface area contributed by atoms with Crippen LogP contribution < -0.4 is 59.0 Å². The van der Waals surface area contributed by atoms with E-state index in [1.165, 1.54) is 83.3 Å². The summed E-state index contributed by atoms with van der Waals surface area (Å²) in [5.74, 6) is 0. The van der Waals surface area contributed by atoms with Gasteiger partial charge in [-0.15, -0.1) is 0 Å². The summed E-state index contributed by atoms with van der Waals surface area (Å²) in [6.07, 6.45) is 0. The molecule has 4 aliphatic rings. The zero-order valence-electron chi connectivity index (χ0n) is 26.3. The molecule has 0 aromatic heterocycles. The zero-order valence-corrected chi connectivity index (χ0v) is 29.5. The van der Waals surface area contributed by atoms with Crippen LogP contribution in [0.3, 0.4) is 0 Å². The quantitative estimate of drug-likeness (QED) is 0.231. The van der Waals surface area contributed by atoms with Crippen molar-refractivity contribution in [3.8, 4) is 0 Å². The van der Waals surface area contributed by atoms with E-state index in [0.29, 0.717) is 0 Å². The van der Waals surface area contributed by atoms with Crippen molar-refractivity contribution in [2.45, 2.75) is 0 Å². The van der Waals surface area contributed by atoms with Crippen molar-refractivity contribution in [3.63, 3.8) is 0 Å². The largest absolute Gasteiger partial charge is 0.312 e. The lowest BCUT2D eigenvalue weighted by atomic mass is 9.28. The van der Waals surface area contributed by atoms with E-state index in [-0.39, 0.29) is 20.1 Å². The highest BCUT2D eigenvalue weighted by Crippen LogP contribution is 2.44. The van der Waals surface area contributed by atoms with Gasteiger partial charge in [0.2, 0.25) is 13.4 Å². The minimum atomic E-state index is 0.104. The van der Waals surface area contributed by atoms with Gasteiger partial charge in [0.25, 0.3) is 6.71 Å². The fraction of sp³-hybridized carbons (Fsp3) is 0. The molecule has 0 bridgehead atoms. The Morgan fingerprint density at radius 1 is 0.347 bits per heavy atom. The Labute approximate surface area is 303 Å². The normalized spacial score (nSPS) is 14.1. The van der Waals surface area contributed by atoms with E-state index in [2.05, 4.69) is 193 Å². The number of hydrogen-bond donors (Lipinski definition) is 0. The average molecular weight is 750 g/mol. The van der Waals surface area contributed by atoms with Crippen LogP contribution in [0.4, 0.5) is 34.1 Å². The topological polar surface area (TPSA) is 6.48 Å². The minimum Gasteiger partial charge on any atom is -0.312 e. The maximum absolute atomic E-state index is 3.84. The van der Waals surface area contributed by atoms with Gasteiger partial charge in [-0.05, 0) is 80.7 Å². The molecular formula is C42H25B3Br2N2. The van der Waals surface area contributed by atoms with Gasteiger partial charge in [0, 0.05) is 43.1 Å². The molecule has 0 fully saturated rings. The SMILES string of the molecule is Brc1ccc(B2c3ccccc3N3c4cccc5c4B(c4cccc2c43)c2cccc3c2N5c2ccc(Br)cc2B3c2ccccc2)cc1. The van der Waals surface area contributed by atoms with E-state index >= 15 is 0 Å². The van der Waals surface area contributed by atoms with Gasteiger partial charge in [-0.1, -0.05) is 152 Å². The number of fused-ring (bicyclic) bond motifs is 8. The summed E-state index contributed by atoms with van der Waals surface area (Å²) in [5, 5.41) is 0. The molecule has 7 aromatic rings. The number of anilines is 6. The van der Waals surface area contributed by atoms with Crippen LogP contribution >= 0.6 is 31.9 Å². The van der Waals surface area contributed by atoms with E-state index in [1.54, 1.807) is 0 Å². The maximum atomic E-state index is 3.84. The first kappa shape index (κ1) is 28.2. The third-order valence-corrected chi connectivity index (χ3v) is 12.1. The summed E-state index contributed by atoms with van der Waals surface area (Å²) in [4.78, 5) is 5.13. The van der Waals surface area contributed by atoms with E-state index in [1.807, 2.05) is 0 Å². The molecule has 0 atom stereocenters. The lowest BCUT2D eigenvalue weighted by Gasteiger charge is -2.49. The summed E-state index contributed by atoms with van der Waals surface area (Å²) in [7, 11) is 0. The first-order valence-corrected chi connectivity index (χ1v) is 18.4. The van der Waals surface area contributed by atoms with Crippen molar-refractivity contribution in [1.82, 2.24) is 0 Å². The van der Waals surface area contributed by atoms with Crippen LogP contribution in [-0.2, 0) is 0 Å². The van der Waals surface area contributed by atoms with Crippen LogP contribution in [0.5, 0.6) is 0 Å². The maximum Gasteiger partial charge on any atom is 0.252 e. The number of rotatable bonds is 2. The van der Waals surface area contributed by atoms with E-state index in [4.69, 9.17) is 0 Å². The lowest BCUT2D eigenvalue weighted by Crippen LogP contribution is -2.69. The highest BCUT2D eigenvalue weighted by Gasteiger charge is 2.49. The van der Waals surface area contributed by atoms with Gasteiger partial charge < -0.3 is 9.80 Å². The fourth-order valence-corrected chi connectivity index (χ4v) is 9.95. The van der Waals surface area contributed by atoms with Gasteiger partial charge in [-0.3, -0.25) is 0 Å². The highest BCUT2D eigenvalue weighted by molar-refractivity contribution is 9.10. The Bertz CT molecular complexity index is 2520. The van der Waals surface area contributed by atoms with Crippen molar-refractivity contribution in [1.29, 1.82) is 0 Å². The molecule has 0 spiro atoms. The molecule has 0 unspecified atom stereocenters.